The van der Waals surface area contributed by atoms with Crippen LogP contribution in [0, 0.1) is 23.7 Å². The topological polar surface area (TPSA) is 4.44 Å². The maximum Gasteiger partial charge on any atom is 0.156 e. The second kappa shape index (κ2) is 9.53. The molecule has 1 unspecified atom stereocenters. The van der Waals surface area contributed by atoms with E-state index >= 15 is 0 Å². The summed E-state index contributed by atoms with van der Waals surface area (Å²) in [5.74, 6) is 7.97. The Balaban J connectivity index is 6.93. The Labute approximate surface area is 163 Å². The Morgan fingerprint density at radius 2 is 1.00 bits per heavy atom. The van der Waals surface area contributed by atoms with Gasteiger partial charge in [0.1, 0.15) is 4.99 Å². The Hall–Kier alpha value is 0.620. The quantitative estimate of drug-likeness (QED) is 0.467. The predicted octanol–water partition coefficient (Wildman–Crippen LogP) is 4.79. The summed E-state index contributed by atoms with van der Waals surface area (Å²) < 4.78 is 0.995. The van der Waals surface area contributed by atoms with Crippen molar-refractivity contribution in [3.05, 3.63) is 0 Å². The van der Waals surface area contributed by atoms with E-state index < -0.39 is 8.75 Å². The van der Waals surface area contributed by atoms with Crippen LogP contribution in [0.1, 0.15) is 69.2 Å². The van der Waals surface area contributed by atoms with Crippen LogP contribution in [0.3, 0.4) is 0 Å². The lowest BCUT2D eigenvalue weighted by Crippen LogP contribution is -3.12. The molecule has 4 heteroatoms. The van der Waals surface area contributed by atoms with Gasteiger partial charge in [-0.05, 0) is 58.9 Å². The fourth-order valence-electron chi connectivity index (χ4n) is 4.91. The van der Waals surface area contributed by atoms with Crippen molar-refractivity contribution in [3.8, 4) is 0 Å². The van der Waals surface area contributed by atoms with Crippen molar-refractivity contribution < 1.29 is 4.31 Å². The molecule has 146 valence electrons. The summed E-state index contributed by atoms with van der Waals surface area (Å²) in [4.78, 5) is 2.41. The number of rotatable bonds is 8. The first kappa shape index (κ1) is 24.6. The molecule has 0 fully saturated rings. The van der Waals surface area contributed by atoms with Gasteiger partial charge in [-0.15, -0.1) is 0 Å². The van der Waals surface area contributed by atoms with Crippen LogP contribution in [-0.4, -0.2) is 33.0 Å². The fraction of sp³-hybridized carbons (Fsp3) is 0.900. The van der Waals surface area contributed by atoms with Gasteiger partial charge >= 0.3 is 0 Å². The minimum Gasteiger partial charge on any atom is -0.483 e. The molecule has 0 amide bonds. The third kappa shape index (κ3) is 6.41. The highest BCUT2D eigenvalue weighted by Crippen LogP contribution is 2.63. The van der Waals surface area contributed by atoms with Crippen molar-refractivity contribution in [2.75, 3.05) is 23.0 Å². The Bertz CT molecular complexity index is 426. The maximum absolute atomic E-state index is 5.88. The van der Waals surface area contributed by atoms with Crippen LogP contribution < -0.4 is 4.31 Å². The molecule has 0 heterocycles. The third-order valence-electron chi connectivity index (χ3n) is 4.59. The lowest BCUT2D eigenvalue weighted by molar-refractivity contribution is -0.517. The van der Waals surface area contributed by atoms with Gasteiger partial charge in [-0.3, -0.25) is 0 Å². The molecule has 0 aromatic rings. The molecule has 0 rings (SSSR count). The summed E-state index contributed by atoms with van der Waals surface area (Å²) in [6.45, 7) is 23.4. The van der Waals surface area contributed by atoms with Crippen LogP contribution in [0.4, 0.5) is 0 Å². The van der Waals surface area contributed by atoms with E-state index in [4.69, 9.17) is 25.0 Å². The number of quaternary nitrogens is 1. The number of nitrogens with one attached hydrogen (secondary N) is 1. The van der Waals surface area contributed by atoms with Crippen molar-refractivity contribution in [2.24, 2.45) is 23.7 Å². The zero-order valence-electron chi connectivity index (χ0n) is 17.9. The van der Waals surface area contributed by atoms with Crippen LogP contribution in [-0.2, 0) is 12.8 Å². The van der Waals surface area contributed by atoms with E-state index in [0.29, 0.717) is 23.7 Å². The Morgan fingerprint density at radius 1 is 0.750 bits per heavy atom. The minimum absolute atomic E-state index is 0.687. The van der Waals surface area contributed by atoms with Gasteiger partial charge in [-0.2, -0.15) is 8.75 Å². The molecule has 0 aliphatic carbocycles. The van der Waals surface area contributed by atoms with E-state index in [1.165, 1.54) is 28.0 Å². The van der Waals surface area contributed by atoms with Gasteiger partial charge in [0.2, 0.25) is 0 Å². The normalized spacial score (nSPS) is 15.9. The Kier molecular flexibility index (Phi) is 9.77. The van der Waals surface area contributed by atoms with E-state index in [9.17, 15) is 0 Å². The summed E-state index contributed by atoms with van der Waals surface area (Å²) in [6, 6.07) is 0. The number of hydrogen-bond acceptors (Lipinski definition) is 2. The average molecular weight is 394 g/mol. The van der Waals surface area contributed by atoms with Crippen LogP contribution in [0.2, 0.25) is 0 Å². The lowest BCUT2D eigenvalue weighted by atomic mass is 10.2. The monoisotopic (exact) mass is 393 g/mol. The van der Waals surface area contributed by atoms with Gasteiger partial charge in [0.15, 0.2) is 4.99 Å². The standard InChI is InChI=1S/C20H43NS3/c1-15(2)11-24(12-16(3)4,13-17(5)6,14-18(7)8)20(10)21(23)19(9)22/h15-18,21H,11-14H2,1-10H3. The molecular formula is C20H43NS3. The summed E-state index contributed by atoms with van der Waals surface area (Å²) >= 11 is 11.4. The molecule has 0 spiro atoms. The van der Waals surface area contributed by atoms with E-state index in [2.05, 4.69) is 62.3 Å². The molecule has 0 radical (unpaired) electrons. The summed E-state index contributed by atoms with van der Waals surface area (Å²) in [6.07, 6.45) is 0. The molecule has 0 aromatic carbocycles. The van der Waals surface area contributed by atoms with Crippen LogP contribution in [0.15, 0.2) is 0 Å². The Morgan fingerprint density at radius 3 is 1.17 bits per heavy atom. The molecule has 0 aromatic heterocycles. The zero-order valence-corrected chi connectivity index (χ0v) is 20.3. The van der Waals surface area contributed by atoms with Gasteiger partial charge in [0, 0.05) is 13.8 Å². The fourth-order valence-corrected chi connectivity index (χ4v) is 15.3. The third-order valence-corrected chi connectivity index (χ3v) is 13.8. The van der Waals surface area contributed by atoms with Gasteiger partial charge in [-0.1, -0.05) is 55.4 Å². The van der Waals surface area contributed by atoms with Crippen LogP contribution in [0.25, 0.3) is 0 Å². The summed E-state index contributed by atoms with van der Waals surface area (Å²) in [5.41, 5.74) is 0. The molecule has 1 nitrogen and oxygen atoms in total. The second-order valence-corrected chi connectivity index (χ2v) is 16.1. The summed E-state index contributed by atoms with van der Waals surface area (Å²) in [7, 11) is -1.82. The van der Waals surface area contributed by atoms with Crippen molar-refractivity contribution in [1.29, 1.82) is 0 Å². The molecule has 1 atom stereocenters. The molecule has 0 saturated carbocycles. The van der Waals surface area contributed by atoms with E-state index in [-0.39, 0.29) is 0 Å². The maximum atomic E-state index is 5.88. The van der Waals surface area contributed by atoms with Crippen molar-refractivity contribution in [3.63, 3.8) is 0 Å². The van der Waals surface area contributed by atoms with Gasteiger partial charge in [-0.25, -0.2) is 0 Å². The first-order valence-electron chi connectivity index (χ1n) is 9.52. The van der Waals surface area contributed by atoms with Crippen LogP contribution in [0.5, 0.6) is 0 Å². The van der Waals surface area contributed by atoms with E-state index in [1.54, 1.807) is 0 Å². The highest BCUT2D eigenvalue weighted by atomic mass is 32.3. The minimum atomic E-state index is -1.82. The van der Waals surface area contributed by atoms with Crippen molar-refractivity contribution in [1.82, 2.24) is 0 Å². The van der Waals surface area contributed by atoms with Gasteiger partial charge in [0.25, 0.3) is 0 Å². The molecule has 0 aliphatic rings. The second-order valence-electron chi connectivity index (χ2n) is 9.49. The predicted molar refractivity (Wildman–Crippen MR) is 124 cm³/mol. The molecular weight excluding hydrogens is 350 g/mol. The van der Waals surface area contributed by atoms with Gasteiger partial charge < -0.3 is 17.1 Å². The highest BCUT2D eigenvalue weighted by molar-refractivity contribution is 8.47. The first-order chi connectivity index (χ1) is 10.8. The van der Waals surface area contributed by atoms with Crippen molar-refractivity contribution in [2.45, 2.75) is 69.2 Å². The molecule has 24 heavy (non-hydrogen) atoms. The highest BCUT2D eigenvalue weighted by Gasteiger charge is 2.41. The van der Waals surface area contributed by atoms with Gasteiger partial charge in [0.05, 0.1) is 0 Å². The molecule has 0 aliphatic heterocycles. The van der Waals surface area contributed by atoms with Crippen molar-refractivity contribution >= 4 is 43.8 Å². The molecule has 1 N–H and O–H groups in total. The smallest absolute Gasteiger partial charge is 0.156 e. The lowest BCUT2D eigenvalue weighted by Gasteiger charge is -2.57. The summed E-state index contributed by atoms with van der Waals surface area (Å²) in [5, 5.41) is 0. The average Bonchev–Trinajstić information content (AvgIpc) is 2.32. The molecule has 0 bridgehead atoms. The number of thiocarbonyl (C=S) groups is 1. The largest absolute Gasteiger partial charge is 0.483 e. The molecule has 0 saturated heterocycles. The van der Waals surface area contributed by atoms with E-state index in [1.807, 2.05) is 6.92 Å². The first-order valence-corrected chi connectivity index (χ1v) is 13.1. The van der Waals surface area contributed by atoms with E-state index in [0.717, 1.165) is 9.29 Å². The van der Waals surface area contributed by atoms with Crippen LogP contribution >= 0.6 is 21.0 Å². The number of hydrogen-bond donors (Lipinski definition) is 1. The SMILES string of the molecule is CC(=S)[NH+]([S-])C(C)=S(CC(C)C)(CC(C)C)(CC(C)C)CC(C)C. The zero-order chi connectivity index (χ0) is 19.3.